The van der Waals surface area contributed by atoms with E-state index in [4.69, 9.17) is 11.6 Å². The molecular formula is C22H19ClN2O2S. The molecule has 4 rings (SSSR count). The average Bonchev–Trinajstić information content (AvgIpc) is 3.21. The number of hydrogen-bond donors (Lipinski definition) is 2. The Morgan fingerprint density at radius 1 is 0.929 bits per heavy atom. The van der Waals surface area contributed by atoms with Crippen molar-refractivity contribution < 1.29 is 9.59 Å². The summed E-state index contributed by atoms with van der Waals surface area (Å²) in [7, 11) is 0. The molecule has 28 heavy (non-hydrogen) atoms. The fourth-order valence-corrected chi connectivity index (χ4v) is 4.12. The summed E-state index contributed by atoms with van der Waals surface area (Å²) in [5.74, 6) is -0.269. The molecule has 2 amide bonds. The minimum Gasteiger partial charge on any atom is -0.343 e. The Labute approximate surface area is 172 Å². The summed E-state index contributed by atoms with van der Waals surface area (Å²) in [5.41, 5.74) is 1.98. The summed E-state index contributed by atoms with van der Waals surface area (Å²) >= 11 is 7.38. The number of hydrogen-bond acceptors (Lipinski definition) is 3. The Morgan fingerprint density at radius 3 is 2.21 bits per heavy atom. The number of halogens is 1. The van der Waals surface area contributed by atoms with E-state index in [1.807, 2.05) is 35.7 Å². The van der Waals surface area contributed by atoms with Crippen molar-refractivity contribution in [2.45, 2.75) is 24.8 Å². The van der Waals surface area contributed by atoms with Crippen LogP contribution in [0.5, 0.6) is 0 Å². The highest BCUT2D eigenvalue weighted by atomic mass is 35.5. The number of carbonyl (C=O) groups is 2. The summed E-state index contributed by atoms with van der Waals surface area (Å²) in [4.78, 5) is 25.6. The third-order valence-corrected chi connectivity index (χ3v) is 6.23. The molecule has 0 spiro atoms. The Morgan fingerprint density at radius 2 is 1.64 bits per heavy atom. The molecule has 0 bridgehead atoms. The van der Waals surface area contributed by atoms with Crippen molar-refractivity contribution in [3.8, 4) is 0 Å². The van der Waals surface area contributed by atoms with E-state index in [1.165, 1.54) is 11.3 Å². The third kappa shape index (κ3) is 3.81. The summed E-state index contributed by atoms with van der Waals surface area (Å²) in [6.07, 6.45) is 2.90. The molecule has 0 aliphatic heterocycles. The molecule has 0 radical (unpaired) electrons. The Bertz CT molecular complexity index is 978. The first-order valence-electron chi connectivity index (χ1n) is 9.09. The fourth-order valence-electron chi connectivity index (χ4n) is 3.38. The normalized spacial score (nSPS) is 14.8. The van der Waals surface area contributed by atoms with Crippen LogP contribution in [0, 0.1) is 0 Å². The molecule has 1 aliphatic carbocycles. The van der Waals surface area contributed by atoms with Crippen molar-refractivity contribution >= 4 is 40.4 Å². The fraction of sp³-hybridized carbons (Fsp3) is 0.182. The molecule has 0 unspecified atom stereocenters. The van der Waals surface area contributed by atoms with Crippen LogP contribution in [0.25, 0.3) is 0 Å². The number of amides is 2. The molecule has 2 N–H and O–H groups in total. The molecular weight excluding hydrogens is 392 g/mol. The summed E-state index contributed by atoms with van der Waals surface area (Å²) in [6.45, 7) is 0. The molecule has 1 saturated carbocycles. The average molecular weight is 411 g/mol. The first kappa shape index (κ1) is 18.7. The van der Waals surface area contributed by atoms with Crippen molar-refractivity contribution in [2.75, 3.05) is 5.32 Å². The summed E-state index contributed by atoms with van der Waals surface area (Å²) in [5, 5.41) is 8.58. The van der Waals surface area contributed by atoms with Gasteiger partial charge in [-0.1, -0.05) is 29.8 Å². The van der Waals surface area contributed by atoms with Crippen LogP contribution in [0.2, 0.25) is 5.02 Å². The second-order valence-electron chi connectivity index (χ2n) is 6.91. The zero-order chi connectivity index (χ0) is 19.6. The van der Waals surface area contributed by atoms with Crippen LogP contribution < -0.4 is 10.6 Å². The van der Waals surface area contributed by atoms with Crippen molar-refractivity contribution in [1.29, 1.82) is 0 Å². The molecule has 2 aromatic carbocycles. The maximum absolute atomic E-state index is 12.8. The number of benzene rings is 2. The van der Waals surface area contributed by atoms with Gasteiger partial charge < -0.3 is 10.6 Å². The van der Waals surface area contributed by atoms with Gasteiger partial charge in [0, 0.05) is 16.3 Å². The van der Waals surface area contributed by atoms with Crippen molar-refractivity contribution in [3.63, 3.8) is 0 Å². The van der Waals surface area contributed by atoms with Gasteiger partial charge in [0.2, 0.25) is 0 Å². The van der Waals surface area contributed by atoms with Crippen LogP contribution in [0.1, 0.15) is 44.9 Å². The standard InChI is InChI=1S/C22H19ClN2O2S/c23-17-8-6-16(7-9-17)22(12-2-13-22)25-20(26)15-4-10-18(11-5-15)24-21(27)19-3-1-14-28-19/h1,3-11,14H,2,12-13H2,(H,24,27)(H,25,26). The molecule has 1 aliphatic rings. The Balaban J connectivity index is 1.44. The number of thiophene rings is 1. The zero-order valence-electron chi connectivity index (χ0n) is 15.1. The molecule has 1 fully saturated rings. The molecule has 1 aromatic heterocycles. The lowest BCUT2D eigenvalue weighted by molar-refractivity contribution is 0.0823. The van der Waals surface area contributed by atoms with E-state index in [2.05, 4.69) is 10.6 Å². The van der Waals surface area contributed by atoms with Gasteiger partial charge >= 0.3 is 0 Å². The van der Waals surface area contributed by atoms with Crippen molar-refractivity contribution in [1.82, 2.24) is 5.32 Å². The maximum atomic E-state index is 12.8. The second kappa shape index (κ2) is 7.78. The van der Waals surface area contributed by atoms with Crippen molar-refractivity contribution in [3.05, 3.63) is 87.1 Å². The van der Waals surface area contributed by atoms with Gasteiger partial charge in [0.15, 0.2) is 0 Å². The first-order chi connectivity index (χ1) is 13.6. The van der Waals surface area contributed by atoms with E-state index < -0.39 is 0 Å². The topological polar surface area (TPSA) is 58.2 Å². The molecule has 1 heterocycles. The largest absolute Gasteiger partial charge is 0.343 e. The highest BCUT2D eigenvalue weighted by Gasteiger charge is 2.40. The van der Waals surface area contributed by atoms with Gasteiger partial charge in [-0.05, 0) is 72.7 Å². The van der Waals surface area contributed by atoms with E-state index in [0.717, 1.165) is 24.8 Å². The van der Waals surface area contributed by atoms with Gasteiger partial charge in [0.1, 0.15) is 0 Å². The van der Waals surface area contributed by atoms with Gasteiger partial charge in [0.05, 0.1) is 10.4 Å². The number of carbonyl (C=O) groups excluding carboxylic acids is 2. The summed E-state index contributed by atoms with van der Waals surface area (Å²) < 4.78 is 0. The van der Waals surface area contributed by atoms with Crippen LogP contribution in [0.3, 0.4) is 0 Å². The van der Waals surface area contributed by atoms with E-state index in [-0.39, 0.29) is 17.4 Å². The lowest BCUT2D eigenvalue weighted by Gasteiger charge is -2.43. The minimum atomic E-state index is -0.326. The molecule has 4 nitrogen and oxygen atoms in total. The van der Waals surface area contributed by atoms with Crippen LogP contribution in [0.4, 0.5) is 5.69 Å². The highest BCUT2D eigenvalue weighted by Crippen LogP contribution is 2.41. The van der Waals surface area contributed by atoms with Gasteiger partial charge in [-0.25, -0.2) is 0 Å². The molecule has 0 saturated heterocycles. The quantitative estimate of drug-likeness (QED) is 0.586. The molecule has 6 heteroatoms. The minimum absolute atomic E-state index is 0.120. The van der Waals surface area contributed by atoms with Crippen LogP contribution in [-0.4, -0.2) is 11.8 Å². The predicted octanol–water partition coefficient (Wildman–Crippen LogP) is 5.46. The molecule has 0 atom stereocenters. The highest BCUT2D eigenvalue weighted by molar-refractivity contribution is 7.12. The maximum Gasteiger partial charge on any atom is 0.265 e. The SMILES string of the molecule is O=C(NC1(c2ccc(Cl)cc2)CCC1)c1ccc(NC(=O)c2cccs2)cc1. The second-order valence-corrected chi connectivity index (χ2v) is 8.29. The van der Waals surface area contributed by atoms with Gasteiger partial charge in [0.25, 0.3) is 11.8 Å². The third-order valence-electron chi connectivity index (χ3n) is 5.11. The zero-order valence-corrected chi connectivity index (χ0v) is 16.6. The monoisotopic (exact) mass is 410 g/mol. The molecule has 142 valence electrons. The van der Waals surface area contributed by atoms with Gasteiger partial charge in [-0.2, -0.15) is 0 Å². The Hall–Kier alpha value is -2.63. The van der Waals surface area contributed by atoms with Gasteiger partial charge in [-0.15, -0.1) is 11.3 Å². The van der Waals surface area contributed by atoms with E-state index >= 15 is 0 Å². The smallest absolute Gasteiger partial charge is 0.265 e. The number of anilines is 1. The van der Waals surface area contributed by atoms with E-state index in [1.54, 1.807) is 30.3 Å². The van der Waals surface area contributed by atoms with Gasteiger partial charge in [-0.3, -0.25) is 9.59 Å². The Kier molecular flexibility index (Phi) is 5.20. The van der Waals surface area contributed by atoms with E-state index in [9.17, 15) is 9.59 Å². The summed E-state index contributed by atoms with van der Waals surface area (Å²) in [6, 6.07) is 18.2. The van der Waals surface area contributed by atoms with Crippen LogP contribution in [0.15, 0.2) is 66.0 Å². The lowest BCUT2D eigenvalue weighted by atomic mass is 9.71. The predicted molar refractivity (Wildman–Crippen MR) is 113 cm³/mol. The lowest BCUT2D eigenvalue weighted by Crippen LogP contribution is -2.50. The molecule has 3 aromatic rings. The first-order valence-corrected chi connectivity index (χ1v) is 10.3. The number of rotatable bonds is 5. The van der Waals surface area contributed by atoms with Crippen LogP contribution >= 0.6 is 22.9 Å². The number of nitrogens with one attached hydrogen (secondary N) is 2. The van der Waals surface area contributed by atoms with Crippen molar-refractivity contribution in [2.24, 2.45) is 0 Å². The van der Waals surface area contributed by atoms with Crippen LogP contribution in [-0.2, 0) is 5.54 Å². The van der Waals surface area contributed by atoms with E-state index in [0.29, 0.717) is 21.2 Å².